The molecule has 1 amide bonds. The van der Waals surface area contributed by atoms with Gasteiger partial charge in [0.15, 0.2) is 0 Å². The fraction of sp³-hybridized carbons (Fsp3) is 0.933. The zero-order valence-electron chi connectivity index (χ0n) is 12.4. The van der Waals surface area contributed by atoms with Crippen molar-refractivity contribution in [1.29, 1.82) is 0 Å². The summed E-state index contributed by atoms with van der Waals surface area (Å²) < 4.78 is 0. The van der Waals surface area contributed by atoms with Crippen LogP contribution in [0.1, 0.15) is 52.4 Å². The summed E-state index contributed by atoms with van der Waals surface area (Å²) >= 11 is 0. The van der Waals surface area contributed by atoms with Gasteiger partial charge in [-0.25, -0.2) is 0 Å². The topological polar surface area (TPSA) is 32.3 Å². The van der Waals surface area contributed by atoms with E-state index in [9.17, 15) is 4.79 Å². The Kier molecular flexibility index (Phi) is 6.61. The lowest BCUT2D eigenvalue weighted by molar-refractivity contribution is -0.138. The molecule has 2 rings (SSSR count). The number of nitrogens with zero attached hydrogens (tertiary/aromatic N) is 1. The van der Waals surface area contributed by atoms with Gasteiger partial charge in [-0.15, -0.1) is 12.4 Å². The Morgan fingerprint density at radius 1 is 1.26 bits per heavy atom. The highest BCUT2D eigenvalue weighted by atomic mass is 35.5. The molecule has 0 aromatic heterocycles. The van der Waals surface area contributed by atoms with Gasteiger partial charge in [-0.05, 0) is 51.1 Å². The molecule has 1 saturated carbocycles. The summed E-state index contributed by atoms with van der Waals surface area (Å²) in [6.07, 6.45) is 6.88. The molecule has 1 aliphatic carbocycles. The molecule has 1 N–H and O–H groups in total. The zero-order valence-corrected chi connectivity index (χ0v) is 13.2. The second kappa shape index (κ2) is 7.49. The average Bonchev–Trinajstić information content (AvgIpc) is 3.17. The van der Waals surface area contributed by atoms with Crippen LogP contribution < -0.4 is 5.32 Å². The number of carbonyl (C=O) groups is 1. The first-order valence-electron chi connectivity index (χ1n) is 7.72. The van der Waals surface area contributed by atoms with Crippen molar-refractivity contribution in [3.8, 4) is 0 Å². The highest BCUT2D eigenvalue weighted by Crippen LogP contribution is 2.51. The van der Waals surface area contributed by atoms with E-state index in [2.05, 4.69) is 24.1 Å². The van der Waals surface area contributed by atoms with E-state index in [1.54, 1.807) is 0 Å². The van der Waals surface area contributed by atoms with E-state index in [-0.39, 0.29) is 17.8 Å². The van der Waals surface area contributed by atoms with Crippen molar-refractivity contribution in [3.63, 3.8) is 0 Å². The summed E-state index contributed by atoms with van der Waals surface area (Å²) in [5, 5.41) is 3.42. The van der Waals surface area contributed by atoms with Crippen LogP contribution in [0.3, 0.4) is 0 Å². The minimum Gasteiger partial charge on any atom is -0.342 e. The lowest BCUT2D eigenvalue weighted by atomic mass is 9.93. The number of halogens is 1. The summed E-state index contributed by atoms with van der Waals surface area (Å²) in [6.45, 7) is 8.49. The van der Waals surface area contributed by atoms with Crippen LogP contribution in [0.2, 0.25) is 0 Å². The van der Waals surface area contributed by atoms with Crippen molar-refractivity contribution in [1.82, 2.24) is 10.2 Å². The quantitative estimate of drug-likeness (QED) is 0.815. The number of likely N-dealkylation sites (tertiary alicyclic amines) is 1. The maximum absolute atomic E-state index is 12.5. The Morgan fingerprint density at radius 3 is 2.37 bits per heavy atom. The summed E-state index contributed by atoms with van der Waals surface area (Å²) in [4.78, 5) is 14.6. The molecule has 1 aliphatic heterocycles. The summed E-state index contributed by atoms with van der Waals surface area (Å²) in [6, 6.07) is 0. The van der Waals surface area contributed by atoms with Gasteiger partial charge in [0.1, 0.15) is 0 Å². The highest BCUT2D eigenvalue weighted by molar-refractivity contribution is 5.85. The number of hydrogen-bond donors (Lipinski definition) is 1. The Labute approximate surface area is 123 Å². The van der Waals surface area contributed by atoms with Crippen LogP contribution in [0.5, 0.6) is 0 Å². The zero-order chi connectivity index (χ0) is 13.0. The standard InChI is InChI=1S/C15H28N2O.ClH/c1-3-7-15(8-9-15)14(18)17-10-5-13(6-11-17)12-16-4-2;/h13,16H,3-12H2,1-2H3;1H. The highest BCUT2D eigenvalue weighted by Gasteiger charge is 2.50. The lowest BCUT2D eigenvalue weighted by Crippen LogP contribution is -2.44. The van der Waals surface area contributed by atoms with E-state index in [1.807, 2.05) is 0 Å². The Hall–Kier alpha value is -0.280. The monoisotopic (exact) mass is 288 g/mol. The number of piperidine rings is 1. The first kappa shape index (κ1) is 16.8. The van der Waals surface area contributed by atoms with Crippen LogP contribution in [0.15, 0.2) is 0 Å². The van der Waals surface area contributed by atoms with Crippen LogP contribution in [-0.2, 0) is 4.79 Å². The maximum Gasteiger partial charge on any atom is 0.228 e. The molecule has 3 nitrogen and oxygen atoms in total. The molecule has 0 aromatic rings. The molecule has 0 spiro atoms. The molecule has 1 heterocycles. The van der Waals surface area contributed by atoms with Crippen molar-refractivity contribution in [3.05, 3.63) is 0 Å². The molecule has 112 valence electrons. The van der Waals surface area contributed by atoms with Crippen LogP contribution in [0.25, 0.3) is 0 Å². The molecule has 1 saturated heterocycles. The van der Waals surface area contributed by atoms with Gasteiger partial charge in [0.25, 0.3) is 0 Å². The van der Waals surface area contributed by atoms with Crippen LogP contribution in [-0.4, -0.2) is 37.0 Å². The minimum atomic E-state index is 0. The molecule has 0 bridgehead atoms. The van der Waals surface area contributed by atoms with Gasteiger partial charge in [0, 0.05) is 18.5 Å². The third-order valence-corrected chi connectivity index (χ3v) is 4.62. The summed E-state index contributed by atoms with van der Waals surface area (Å²) in [5.74, 6) is 1.24. The molecule has 4 heteroatoms. The molecule has 0 aromatic carbocycles. The summed E-state index contributed by atoms with van der Waals surface area (Å²) in [5.41, 5.74) is 0.0727. The van der Waals surface area contributed by atoms with Gasteiger partial charge in [-0.3, -0.25) is 4.79 Å². The average molecular weight is 289 g/mol. The second-order valence-electron chi connectivity index (χ2n) is 6.07. The van der Waals surface area contributed by atoms with Gasteiger partial charge < -0.3 is 10.2 Å². The summed E-state index contributed by atoms with van der Waals surface area (Å²) in [7, 11) is 0. The van der Waals surface area contributed by atoms with Crippen molar-refractivity contribution in [2.75, 3.05) is 26.2 Å². The van der Waals surface area contributed by atoms with Gasteiger partial charge in [-0.1, -0.05) is 20.3 Å². The number of hydrogen-bond acceptors (Lipinski definition) is 2. The fourth-order valence-electron chi connectivity index (χ4n) is 3.22. The largest absolute Gasteiger partial charge is 0.342 e. The molecule has 0 unspecified atom stereocenters. The lowest BCUT2D eigenvalue weighted by Gasteiger charge is -2.34. The Balaban J connectivity index is 0.00000180. The predicted octanol–water partition coefficient (Wildman–Crippen LogP) is 2.84. The smallest absolute Gasteiger partial charge is 0.228 e. The second-order valence-corrected chi connectivity index (χ2v) is 6.07. The Morgan fingerprint density at radius 2 is 1.89 bits per heavy atom. The van der Waals surface area contributed by atoms with Gasteiger partial charge >= 0.3 is 0 Å². The van der Waals surface area contributed by atoms with Gasteiger partial charge in [0.2, 0.25) is 5.91 Å². The molecular formula is C15H29ClN2O. The van der Waals surface area contributed by atoms with Gasteiger partial charge in [-0.2, -0.15) is 0 Å². The molecule has 2 fully saturated rings. The van der Waals surface area contributed by atoms with Crippen molar-refractivity contribution >= 4 is 18.3 Å². The maximum atomic E-state index is 12.5. The SMILES string of the molecule is CCCC1(C(=O)N2CCC(CNCC)CC2)CC1.Cl. The van der Waals surface area contributed by atoms with Crippen molar-refractivity contribution < 1.29 is 4.79 Å². The molecule has 0 radical (unpaired) electrons. The molecule has 0 atom stereocenters. The number of rotatable bonds is 6. The third kappa shape index (κ3) is 4.09. The molecule has 2 aliphatic rings. The van der Waals surface area contributed by atoms with Crippen LogP contribution in [0, 0.1) is 11.3 Å². The van der Waals surface area contributed by atoms with Crippen molar-refractivity contribution in [2.24, 2.45) is 11.3 Å². The fourth-order valence-corrected chi connectivity index (χ4v) is 3.22. The number of carbonyl (C=O) groups excluding carboxylic acids is 1. The minimum absolute atomic E-state index is 0. The van der Waals surface area contributed by atoms with E-state index in [0.29, 0.717) is 5.91 Å². The van der Waals surface area contributed by atoms with E-state index in [1.165, 1.54) is 12.8 Å². The van der Waals surface area contributed by atoms with E-state index < -0.39 is 0 Å². The number of nitrogens with one attached hydrogen (secondary N) is 1. The Bertz CT molecular complexity index is 284. The van der Waals surface area contributed by atoms with Crippen molar-refractivity contribution in [2.45, 2.75) is 52.4 Å². The van der Waals surface area contributed by atoms with E-state index >= 15 is 0 Å². The molecular weight excluding hydrogens is 260 g/mol. The molecule has 19 heavy (non-hydrogen) atoms. The van der Waals surface area contributed by atoms with Crippen LogP contribution in [0.4, 0.5) is 0 Å². The van der Waals surface area contributed by atoms with Gasteiger partial charge in [0.05, 0.1) is 0 Å². The first-order chi connectivity index (χ1) is 8.72. The third-order valence-electron chi connectivity index (χ3n) is 4.62. The predicted molar refractivity (Wildman–Crippen MR) is 81.7 cm³/mol. The van der Waals surface area contributed by atoms with E-state index in [0.717, 1.165) is 57.8 Å². The van der Waals surface area contributed by atoms with E-state index in [4.69, 9.17) is 0 Å². The number of amides is 1. The first-order valence-corrected chi connectivity index (χ1v) is 7.72. The normalized spacial score (nSPS) is 21.9. The van der Waals surface area contributed by atoms with Crippen LogP contribution >= 0.6 is 12.4 Å².